The van der Waals surface area contributed by atoms with Gasteiger partial charge in [-0.3, -0.25) is 18.6 Å². The van der Waals surface area contributed by atoms with E-state index in [-0.39, 0.29) is 32.8 Å². The van der Waals surface area contributed by atoms with Crippen LogP contribution in [0.15, 0.2) is 35.4 Å². The molecule has 0 spiro atoms. The van der Waals surface area contributed by atoms with Crippen molar-refractivity contribution >= 4 is 39.7 Å². The number of fused-ring (bicyclic) bond motifs is 3. The molecular formula is C29H34ClN11O2. The molecule has 6 rings (SSSR count). The number of pyridine rings is 1. The van der Waals surface area contributed by atoms with E-state index in [2.05, 4.69) is 42.6 Å². The van der Waals surface area contributed by atoms with E-state index in [4.69, 9.17) is 23.9 Å². The van der Waals surface area contributed by atoms with Crippen LogP contribution in [0.2, 0.25) is 5.15 Å². The first-order valence-electron chi connectivity index (χ1n) is 18.0. The second kappa shape index (κ2) is 11.0. The SMILES string of the molecule is [2H]C([2H])([2H])N(C(=O)c1ncn2c3c(C(C)Nc4ccc(Cl)nc4-c4nnn(C5CCN(C)CC5)n4)cc(C)cc3c(=O)n(C([2H])([2H])[2H])c12)C([2H])([2H])[2H]. The molecule has 1 saturated heterocycles. The van der Waals surface area contributed by atoms with Crippen LogP contribution in [0.3, 0.4) is 0 Å². The number of nitrogens with one attached hydrogen (secondary N) is 1. The first-order chi connectivity index (χ1) is 24.2. The van der Waals surface area contributed by atoms with Gasteiger partial charge in [-0.1, -0.05) is 17.7 Å². The Balaban J connectivity index is 1.50. The zero-order valence-corrected chi connectivity index (χ0v) is 24.3. The number of nitrogens with zero attached hydrogens (tertiary/aromatic N) is 10. The van der Waals surface area contributed by atoms with E-state index < -0.39 is 49.8 Å². The zero-order valence-electron chi connectivity index (χ0n) is 32.5. The minimum atomic E-state index is -3.46. The molecule has 0 bridgehead atoms. The fourth-order valence-corrected chi connectivity index (χ4v) is 5.64. The summed E-state index contributed by atoms with van der Waals surface area (Å²) in [6, 6.07) is 5.87. The van der Waals surface area contributed by atoms with E-state index in [9.17, 15) is 9.59 Å². The lowest BCUT2D eigenvalue weighted by atomic mass is 10.0. The van der Waals surface area contributed by atoms with Crippen LogP contribution < -0.4 is 10.9 Å². The summed E-state index contributed by atoms with van der Waals surface area (Å²) in [5.74, 6) is -1.39. The van der Waals surface area contributed by atoms with Crippen molar-refractivity contribution in [3.63, 3.8) is 0 Å². The molecule has 1 atom stereocenters. The largest absolute Gasteiger partial charge is 0.377 e. The molecule has 0 saturated carbocycles. The smallest absolute Gasteiger partial charge is 0.275 e. The number of imidazole rings is 1. The number of piperidine rings is 1. The van der Waals surface area contributed by atoms with Crippen molar-refractivity contribution in [2.24, 2.45) is 6.98 Å². The van der Waals surface area contributed by atoms with Crippen molar-refractivity contribution in [2.75, 3.05) is 39.4 Å². The lowest BCUT2D eigenvalue weighted by Crippen LogP contribution is -2.32. The highest BCUT2D eigenvalue weighted by atomic mass is 35.5. The summed E-state index contributed by atoms with van der Waals surface area (Å²) in [6.45, 7) is -4.85. The third-order valence-electron chi connectivity index (χ3n) is 7.67. The predicted octanol–water partition coefficient (Wildman–Crippen LogP) is 3.34. The summed E-state index contributed by atoms with van der Waals surface area (Å²) < 4.78 is 72.5. The van der Waals surface area contributed by atoms with E-state index in [0.717, 1.165) is 32.3 Å². The molecule has 1 aliphatic heterocycles. The maximum Gasteiger partial charge on any atom is 0.275 e. The Hall–Kier alpha value is -4.36. The van der Waals surface area contributed by atoms with Crippen molar-refractivity contribution < 1.29 is 17.1 Å². The number of anilines is 1. The van der Waals surface area contributed by atoms with Crippen molar-refractivity contribution in [1.82, 2.24) is 48.9 Å². The molecule has 1 N–H and O–H groups in total. The molecule has 0 aliphatic carbocycles. The highest BCUT2D eigenvalue weighted by Gasteiger charge is 2.25. The van der Waals surface area contributed by atoms with Gasteiger partial charge in [-0.15, -0.1) is 10.2 Å². The number of aromatic nitrogens is 8. The number of carbonyl (C=O) groups is 1. The van der Waals surface area contributed by atoms with Crippen molar-refractivity contribution in [3.8, 4) is 11.5 Å². The van der Waals surface area contributed by atoms with Crippen molar-refractivity contribution in [2.45, 2.75) is 38.8 Å². The molecule has 4 aromatic heterocycles. The van der Waals surface area contributed by atoms with Crippen LogP contribution in [0.25, 0.3) is 28.1 Å². The number of halogens is 1. The molecule has 1 aromatic carbocycles. The Morgan fingerprint density at radius 3 is 2.77 bits per heavy atom. The standard InChI is InChI=1S/C29H34ClN11O2/c1-16-13-19(25-20(14-16)28(42)39(6)27-24(29(43)37(3)4)31-15-40(25)27)17(2)32-21-7-8-22(30)33-23(21)26-34-36-41(35-26)18-9-11-38(5)12-10-18/h7-8,13-15,17-18,32H,9-12H2,1-6H3/i3D3,4D3,6D3. The van der Waals surface area contributed by atoms with Gasteiger partial charge < -0.3 is 15.1 Å². The number of hydrogen-bond donors (Lipinski definition) is 1. The van der Waals surface area contributed by atoms with Gasteiger partial charge in [0.05, 0.1) is 28.7 Å². The van der Waals surface area contributed by atoms with E-state index in [1.807, 2.05) is 0 Å². The minimum Gasteiger partial charge on any atom is -0.377 e. The van der Waals surface area contributed by atoms with Crippen LogP contribution in [0.1, 0.15) is 65.8 Å². The van der Waals surface area contributed by atoms with Gasteiger partial charge in [0.1, 0.15) is 17.2 Å². The molecule has 1 unspecified atom stereocenters. The molecule has 1 aliphatic rings. The number of amides is 1. The molecule has 0 radical (unpaired) electrons. The monoisotopic (exact) mass is 612 g/mol. The normalized spacial score (nSPS) is 19.3. The van der Waals surface area contributed by atoms with Crippen LogP contribution in [0, 0.1) is 6.92 Å². The first kappa shape index (κ1) is 19.8. The van der Waals surface area contributed by atoms with Crippen LogP contribution in [0.5, 0.6) is 0 Å². The molecule has 1 amide bonds. The average Bonchev–Trinajstić information content (AvgIpc) is 3.68. The Kier molecular flexibility index (Phi) is 5.07. The van der Waals surface area contributed by atoms with Gasteiger partial charge in [0.2, 0.25) is 5.82 Å². The number of tetrazole rings is 1. The molecule has 1 fully saturated rings. The number of hydrogen-bond acceptors (Lipinski definition) is 9. The fraction of sp³-hybridized carbons (Fsp3) is 0.414. The van der Waals surface area contributed by atoms with Gasteiger partial charge in [-0.25, -0.2) is 9.97 Å². The van der Waals surface area contributed by atoms with Gasteiger partial charge in [0.25, 0.3) is 11.5 Å². The number of likely N-dealkylation sites (tertiary alicyclic amines) is 1. The predicted molar refractivity (Wildman–Crippen MR) is 165 cm³/mol. The molecule has 43 heavy (non-hydrogen) atoms. The van der Waals surface area contributed by atoms with E-state index >= 15 is 0 Å². The molecule has 14 heteroatoms. The van der Waals surface area contributed by atoms with E-state index in [0.29, 0.717) is 27.1 Å². The maximum atomic E-state index is 14.1. The molecule has 5 heterocycles. The Bertz CT molecular complexity index is 2220. The third-order valence-corrected chi connectivity index (χ3v) is 7.88. The summed E-state index contributed by atoms with van der Waals surface area (Å²) in [6.07, 6.45) is 2.75. The number of rotatable bonds is 6. The fourth-order valence-electron chi connectivity index (χ4n) is 5.50. The molecular weight excluding hydrogens is 570 g/mol. The summed E-state index contributed by atoms with van der Waals surface area (Å²) in [4.78, 5) is 39.7. The van der Waals surface area contributed by atoms with Gasteiger partial charge in [-0.05, 0) is 81.4 Å². The Morgan fingerprint density at radius 1 is 1.23 bits per heavy atom. The second-order valence-corrected chi connectivity index (χ2v) is 11.1. The maximum absolute atomic E-state index is 14.1. The molecule has 13 nitrogen and oxygen atoms in total. The van der Waals surface area contributed by atoms with Gasteiger partial charge in [0, 0.05) is 33.3 Å². The Labute approximate surface area is 265 Å². The van der Waals surface area contributed by atoms with E-state index in [1.165, 1.54) is 10.5 Å². The summed E-state index contributed by atoms with van der Waals surface area (Å²) >= 11 is 6.31. The molecule has 224 valence electrons. The average molecular weight is 613 g/mol. The van der Waals surface area contributed by atoms with E-state index in [1.54, 1.807) is 36.8 Å². The first-order valence-corrected chi connectivity index (χ1v) is 13.9. The van der Waals surface area contributed by atoms with Crippen LogP contribution in [0.4, 0.5) is 5.69 Å². The van der Waals surface area contributed by atoms with Crippen molar-refractivity contribution in [1.29, 1.82) is 0 Å². The third kappa shape index (κ3) is 5.12. The second-order valence-electron chi connectivity index (χ2n) is 10.7. The number of aryl methyl sites for hydroxylation is 2. The topological polar surface area (TPSA) is 131 Å². The number of carbonyl (C=O) groups excluding carboxylic acids is 1. The summed E-state index contributed by atoms with van der Waals surface area (Å²) in [7, 11) is 2.05. The summed E-state index contributed by atoms with van der Waals surface area (Å²) in [5, 5.41) is 16.6. The van der Waals surface area contributed by atoms with Crippen LogP contribution in [-0.2, 0) is 6.98 Å². The summed E-state index contributed by atoms with van der Waals surface area (Å²) in [5.41, 5.74) is -0.564. The number of benzene rings is 1. The van der Waals surface area contributed by atoms with Crippen LogP contribution in [-0.4, -0.2) is 88.9 Å². The minimum absolute atomic E-state index is 0.0515. The van der Waals surface area contributed by atoms with Gasteiger partial charge in [0.15, 0.2) is 11.3 Å². The van der Waals surface area contributed by atoms with Gasteiger partial charge in [-0.2, -0.15) is 4.80 Å². The quantitative estimate of drug-likeness (QED) is 0.287. The molecule has 5 aromatic rings. The van der Waals surface area contributed by atoms with Crippen molar-refractivity contribution in [3.05, 3.63) is 62.9 Å². The van der Waals surface area contributed by atoms with Crippen LogP contribution >= 0.6 is 11.6 Å². The lowest BCUT2D eigenvalue weighted by Gasteiger charge is -2.27. The zero-order chi connectivity index (χ0) is 38.1. The highest BCUT2D eigenvalue weighted by molar-refractivity contribution is 6.29. The lowest BCUT2D eigenvalue weighted by molar-refractivity contribution is 0.0824. The Morgan fingerprint density at radius 2 is 2.02 bits per heavy atom. The van der Waals surface area contributed by atoms with Gasteiger partial charge >= 0.3 is 0 Å². The highest BCUT2D eigenvalue weighted by Crippen LogP contribution is 2.32.